The molecule has 1 amide bonds. The summed E-state index contributed by atoms with van der Waals surface area (Å²) >= 11 is 0. The number of rotatable bonds is 5. The quantitative estimate of drug-likeness (QED) is 0.856. The summed E-state index contributed by atoms with van der Waals surface area (Å²) in [5.41, 5.74) is 0.356. The maximum absolute atomic E-state index is 11.5. The first-order valence-electron chi connectivity index (χ1n) is 7.33. The molecule has 0 aromatic carbocycles. The zero-order valence-corrected chi connectivity index (χ0v) is 13.5. The van der Waals surface area contributed by atoms with Gasteiger partial charge < -0.3 is 15.0 Å². The van der Waals surface area contributed by atoms with Crippen LogP contribution in [0.3, 0.4) is 0 Å². The summed E-state index contributed by atoms with van der Waals surface area (Å²) in [6.45, 7) is 6.88. The molecular weight excluding hydrogens is 282 g/mol. The van der Waals surface area contributed by atoms with Crippen molar-refractivity contribution < 1.29 is 9.53 Å². The van der Waals surface area contributed by atoms with Crippen LogP contribution in [0.25, 0.3) is 5.65 Å². The van der Waals surface area contributed by atoms with Crippen molar-refractivity contribution in [1.29, 1.82) is 0 Å². The van der Waals surface area contributed by atoms with Crippen LogP contribution < -0.4 is 10.2 Å². The van der Waals surface area contributed by atoms with Gasteiger partial charge in [-0.05, 0) is 39.3 Å². The number of fused-ring (bicyclic) bond motifs is 1. The second kappa shape index (κ2) is 6.64. The third-order valence-electron chi connectivity index (χ3n) is 2.97. The van der Waals surface area contributed by atoms with E-state index in [0.717, 1.165) is 24.4 Å². The summed E-state index contributed by atoms with van der Waals surface area (Å²) in [4.78, 5) is 17.7. The number of anilines is 1. The first kappa shape index (κ1) is 16.1. The van der Waals surface area contributed by atoms with Gasteiger partial charge in [0.1, 0.15) is 11.4 Å². The summed E-state index contributed by atoms with van der Waals surface area (Å²) in [5, 5.41) is 7.21. The predicted octanol–water partition coefficient (Wildman–Crippen LogP) is 2.08. The first-order chi connectivity index (χ1) is 10.3. The highest BCUT2D eigenvalue weighted by Crippen LogP contribution is 2.10. The fourth-order valence-electron chi connectivity index (χ4n) is 1.94. The van der Waals surface area contributed by atoms with Gasteiger partial charge in [-0.25, -0.2) is 14.3 Å². The summed E-state index contributed by atoms with van der Waals surface area (Å²) in [6, 6.07) is 3.86. The molecule has 7 heteroatoms. The van der Waals surface area contributed by atoms with Gasteiger partial charge in [-0.3, -0.25) is 0 Å². The molecule has 0 spiro atoms. The van der Waals surface area contributed by atoms with E-state index in [4.69, 9.17) is 4.74 Å². The molecule has 0 aliphatic carbocycles. The first-order valence-corrected chi connectivity index (χ1v) is 7.33. The molecule has 0 aliphatic heterocycles. The number of alkyl carbamates (subject to hydrolysis) is 1. The minimum atomic E-state index is -0.467. The molecule has 2 heterocycles. The topological polar surface area (TPSA) is 71.8 Å². The van der Waals surface area contributed by atoms with Crippen LogP contribution in [0.5, 0.6) is 0 Å². The highest BCUT2D eigenvalue weighted by Gasteiger charge is 2.15. The third-order valence-corrected chi connectivity index (χ3v) is 2.97. The second-order valence-electron chi connectivity index (χ2n) is 6.13. The maximum atomic E-state index is 11.5. The van der Waals surface area contributed by atoms with Crippen molar-refractivity contribution in [3.63, 3.8) is 0 Å². The van der Waals surface area contributed by atoms with Crippen molar-refractivity contribution in [2.24, 2.45) is 0 Å². The van der Waals surface area contributed by atoms with Gasteiger partial charge in [-0.15, -0.1) is 5.10 Å². The molecule has 2 aromatic heterocycles. The van der Waals surface area contributed by atoms with E-state index < -0.39 is 5.60 Å². The number of nitrogens with one attached hydrogen (secondary N) is 1. The fraction of sp³-hybridized carbons (Fsp3) is 0.533. The summed E-state index contributed by atoms with van der Waals surface area (Å²) in [5.74, 6) is 0.864. The Morgan fingerprint density at radius 2 is 2.18 bits per heavy atom. The molecule has 2 rings (SSSR count). The van der Waals surface area contributed by atoms with Gasteiger partial charge in [-0.1, -0.05) is 0 Å². The van der Waals surface area contributed by atoms with Crippen LogP contribution >= 0.6 is 0 Å². The van der Waals surface area contributed by atoms with Crippen LogP contribution in [0.15, 0.2) is 24.5 Å². The van der Waals surface area contributed by atoms with Crippen molar-refractivity contribution in [3.05, 3.63) is 24.5 Å². The molecule has 0 bridgehead atoms. The van der Waals surface area contributed by atoms with Gasteiger partial charge in [-0.2, -0.15) is 0 Å². The zero-order valence-electron chi connectivity index (χ0n) is 13.5. The van der Waals surface area contributed by atoms with E-state index in [0.29, 0.717) is 6.54 Å². The van der Waals surface area contributed by atoms with E-state index in [1.54, 1.807) is 10.7 Å². The van der Waals surface area contributed by atoms with E-state index in [1.165, 1.54) is 0 Å². The Morgan fingerprint density at radius 1 is 1.41 bits per heavy atom. The largest absolute Gasteiger partial charge is 0.444 e. The molecule has 22 heavy (non-hydrogen) atoms. The van der Waals surface area contributed by atoms with Gasteiger partial charge in [0, 0.05) is 32.5 Å². The third kappa shape index (κ3) is 4.61. The van der Waals surface area contributed by atoms with Crippen LogP contribution in [0.1, 0.15) is 27.2 Å². The fourth-order valence-corrected chi connectivity index (χ4v) is 1.94. The molecular formula is C15H23N5O2. The van der Waals surface area contributed by atoms with E-state index in [-0.39, 0.29) is 6.09 Å². The lowest BCUT2D eigenvalue weighted by Gasteiger charge is -2.20. The summed E-state index contributed by atoms with van der Waals surface area (Å²) in [7, 11) is 1.97. The van der Waals surface area contributed by atoms with Gasteiger partial charge in [0.05, 0.1) is 0 Å². The number of hydrogen-bond donors (Lipinski definition) is 1. The maximum Gasteiger partial charge on any atom is 0.407 e. The minimum Gasteiger partial charge on any atom is -0.444 e. The van der Waals surface area contributed by atoms with Crippen molar-refractivity contribution >= 4 is 17.6 Å². The molecule has 0 radical (unpaired) electrons. The molecule has 0 fully saturated rings. The van der Waals surface area contributed by atoms with Crippen LogP contribution in [0, 0.1) is 0 Å². The highest BCUT2D eigenvalue weighted by atomic mass is 16.6. The molecule has 0 saturated carbocycles. The zero-order chi connectivity index (χ0) is 16.2. The minimum absolute atomic E-state index is 0.381. The molecule has 1 N–H and O–H groups in total. The van der Waals surface area contributed by atoms with Crippen molar-refractivity contribution in [1.82, 2.24) is 19.9 Å². The van der Waals surface area contributed by atoms with E-state index in [1.807, 2.05) is 51.0 Å². The molecule has 0 saturated heterocycles. The number of imidazole rings is 1. The van der Waals surface area contributed by atoms with Crippen LogP contribution in [-0.2, 0) is 4.74 Å². The average molecular weight is 305 g/mol. The summed E-state index contributed by atoms with van der Waals surface area (Å²) < 4.78 is 6.92. The number of ether oxygens (including phenoxy) is 1. The Morgan fingerprint density at radius 3 is 2.91 bits per heavy atom. The van der Waals surface area contributed by atoms with E-state index >= 15 is 0 Å². The Bertz CT molecular complexity index is 632. The molecule has 0 unspecified atom stereocenters. The van der Waals surface area contributed by atoms with Gasteiger partial charge >= 0.3 is 6.09 Å². The van der Waals surface area contributed by atoms with Crippen LogP contribution in [0.2, 0.25) is 0 Å². The number of carbonyl (C=O) groups is 1. The molecule has 0 aliphatic rings. The lowest BCUT2D eigenvalue weighted by Crippen LogP contribution is -2.34. The number of aromatic nitrogens is 3. The number of hydrogen-bond acceptors (Lipinski definition) is 5. The van der Waals surface area contributed by atoms with Crippen LogP contribution in [0.4, 0.5) is 10.6 Å². The average Bonchev–Trinajstić information content (AvgIpc) is 2.88. The van der Waals surface area contributed by atoms with Gasteiger partial charge in [0.2, 0.25) is 0 Å². The lowest BCUT2D eigenvalue weighted by molar-refractivity contribution is 0.0527. The standard InChI is InChI=1S/C15H23N5O2/c1-15(2,3)22-14(21)17-8-5-10-19(4)13-7-6-12-16-9-11-20(12)18-13/h6-7,9,11H,5,8,10H2,1-4H3,(H,17,21). The Hall–Kier alpha value is -2.31. The number of carbonyl (C=O) groups excluding carboxylic acids is 1. The smallest absolute Gasteiger partial charge is 0.407 e. The van der Waals surface area contributed by atoms with Gasteiger partial charge in [0.25, 0.3) is 0 Å². The molecule has 7 nitrogen and oxygen atoms in total. The molecule has 0 atom stereocenters. The SMILES string of the molecule is CN(CCCNC(=O)OC(C)(C)C)c1ccc2nccn2n1. The molecule has 120 valence electrons. The normalized spacial score (nSPS) is 11.5. The monoisotopic (exact) mass is 305 g/mol. The Labute approximate surface area is 130 Å². The van der Waals surface area contributed by atoms with Crippen molar-refractivity contribution in [2.45, 2.75) is 32.8 Å². The van der Waals surface area contributed by atoms with Crippen molar-refractivity contribution in [2.75, 3.05) is 25.0 Å². The molecule has 2 aromatic rings. The lowest BCUT2D eigenvalue weighted by atomic mass is 10.2. The van der Waals surface area contributed by atoms with E-state index in [2.05, 4.69) is 15.4 Å². The number of nitrogens with zero attached hydrogens (tertiary/aromatic N) is 4. The predicted molar refractivity (Wildman–Crippen MR) is 85.1 cm³/mol. The Balaban J connectivity index is 1.75. The highest BCUT2D eigenvalue weighted by molar-refractivity contribution is 5.67. The Kier molecular flexibility index (Phi) is 4.85. The second-order valence-corrected chi connectivity index (χ2v) is 6.13. The summed E-state index contributed by atoms with van der Waals surface area (Å²) in [6.07, 6.45) is 3.96. The van der Waals surface area contributed by atoms with Crippen molar-refractivity contribution in [3.8, 4) is 0 Å². The van der Waals surface area contributed by atoms with E-state index in [9.17, 15) is 4.79 Å². The van der Waals surface area contributed by atoms with Crippen LogP contribution in [-0.4, -0.2) is 46.4 Å². The number of amides is 1. The van der Waals surface area contributed by atoms with Gasteiger partial charge in [0.15, 0.2) is 5.65 Å².